The van der Waals surface area contributed by atoms with Gasteiger partial charge in [0.2, 0.25) is 0 Å². The maximum Gasteiger partial charge on any atom is 0.107 e. The Morgan fingerprint density at radius 3 is 2.00 bits per heavy atom. The van der Waals surface area contributed by atoms with Gasteiger partial charge in [0.15, 0.2) is 0 Å². The summed E-state index contributed by atoms with van der Waals surface area (Å²) in [5.41, 5.74) is 2.44. The van der Waals surface area contributed by atoms with E-state index in [2.05, 4.69) is 5.32 Å². The number of anilines is 2. The first-order chi connectivity index (χ1) is 9.20. The average molecular weight is 259 g/mol. The van der Waals surface area contributed by atoms with Gasteiger partial charge in [-0.3, -0.25) is 0 Å². The molecule has 2 atom stereocenters. The van der Waals surface area contributed by atoms with Gasteiger partial charge in [0.05, 0.1) is 6.61 Å². The van der Waals surface area contributed by atoms with Crippen molar-refractivity contribution in [1.29, 1.82) is 0 Å². The van der Waals surface area contributed by atoms with Gasteiger partial charge in [-0.2, -0.15) is 0 Å². The smallest absolute Gasteiger partial charge is 0.107 e. The minimum atomic E-state index is -1.16. The maximum atomic E-state index is 9.74. The molecule has 0 fully saturated rings. The van der Waals surface area contributed by atoms with E-state index in [1.165, 1.54) is 0 Å². The lowest BCUT2D eigenvalue weighted by molar-refractivity contribution is -0.0152. The molecule has 4 N–H and O–H groups in total. The molecule has 4 heteroatoms. The second-order valence-corrected chi connectivity index (χ2v) is 4.31. The van der Waals surface area contributed by atoms with Gasteiger partial charge in [0.25, 0.3) is 0 Å². The number of aliphatic hydroxyl groups excluding tert-OH is 3. The first kappa shape index (κ1) is 13.5. The fraction of sp³-hybridized carbons (Fsp3) is 0.200. The molecule has 0 aliphatic rings. The molecule has 4 nitrogen and oxygen atoms in total. The lowest BCUT2D eigenvalue weighted by Gasteiger charge is -2.16. The summed E-state index contributed by atoms with van der Waals surface area (Å²) in [5, 5.41) is 31.1. The van der Waals surface area contributed by atoms with Gasteiger partial charge in [-0.05, 0) is 29.8 Å². The molecule has 0 radical (unpaired) electrons. The number of hydrogen-bond acceptors (Lipinski definition) is 4. The molecule has 0 saturated heterocycles. The van der Waals surface area contributed by atoms with Crippen LogP contribution in [0.3, 0.4) is 0 Å². The number of aliphatic hydroxyl groups is 3. The highest BCUT2D eigenvalue weighted by Crippen LogP contribution is 2.21. The first-order valence-corrected chi connectivity index (χ1v) is 6.09. The Balaban J connectivity index is 2.06. The van der Waals surface area contributed by atoms with Crippen molar-refractivity contribution in [3.63, 3.8) is 0 Å². The Hall–Kier alpha value is -1.88. The largest absolute Gasteiger partial charge is 0.394 e. The second-order valence-electron chi connectivity index (χ2n) is 4.31. The van der Waals surface area contributed by atoms with Crippen LogP contribution in [0.25, 0.3) is 0 Å². The SMILES string of the molecule is OCC(O)C(O)c1ccc(Nc2ccccc2)cc1. The van der Waals surface area contributed by atoms with E-state index in [4.69, 9.17) is 5.11 Å². The molecule has 19 heavy (non-hydrogen) atoms. The van der Waals surface area contributed by atoms with E-state index in [1.807, 2.05) is 42.5 Å². The zero-order valence-electron chi connectivity index (χ0n) is 10.4. The second kappa shape index (κ2) is 6.33. The van der Waals surface area contributed by atoms with Gasteiger partial charge < -0.3 is 20.6 Å². The predicted molar refractivity (Wildman–Crippen MR) is 74.2 cm³/mol. The lowest BCUT2D eigenvalue weighted by Crippen LogP contribution is -2.21. The first-order valence-electron chi connectivity index (χ1n) is 6.09. The summed E-state index contributed by atoms with van der Waals surface area (Å²) in [6.45, 7) is -0.467. The summed E-state index contributed by atoms with van der Waals surface area (Å²) >= 11 is 0. The normalized spacial score (nSPS) is 13.8. The molecule has 0 spiro atoms. The minimum absolute atomic E-state index is 0.467. The van der Waals surface area contributed by atoms with Crippen LogP contribution in [0.2, 0.25) is 0 Å². The zero-order valence-corrected chi connectivity index (χ0v) is 10.4. The summed E-state index contributed by atoms with van der Waals surface area (Å²) in [5.74, 6) is 0. The molecule has 2 aromatic carbocycles. The van der Waals surface area contributed by atoms with Gasteiger partial charge in [0, 0.05) is 11.4 Å². The number of hydrogen-bond donors (Lipinski definition) is 4. The third-order valence-electron chi connectivity index (χ3n) is 2.87. The summed E-state index contributed by atoms with van der Waals surface area (Å²) in [6.07, 6.45) is -2.23. The standard InChI is InChI=1S/C15H17NO3/c17-10-14(18)15(19)11-6-8-13(9-7-11)16-12-4-2-1-3-5-12/h1-9,14-19H,10H2. The average Bonchev–Trinajstić information content (AvgIpc) is 2.47. The predicted octanol–water partition coefficient (Wildman–Crippen LogP) is 1.82. The Kier molecular flexibility index (Phi) is 4.52. The molecule has 0 aliphatic heterocycles. The topological polar surface area (TPSA) is 72.7 Å². The fourth-order valence-electron chi connectivity index (χ4n) is 1.77. The monoisotopic (exact) mass is 259 g/mol. The van der Waals surface area contributed by atoms with Crippen molar-refractivity contribution in [2.75, 3.05) is 11.9 Å². The number of benzene rings is 2. The Bertz CT molecular complexity index is 499. The lowest BCUT2D eigenvalue weighted by atomic mass is 10.0. The van der Waals surface area contributed by atoms with Crippen LogP contribution in [-0.4, -0.2) is 28.0 Å². The van der Waals surface area contributed by atoms with Crippen molar-refractivity contribution >= 4 is 11.4 Å². The molecule has 0 aliphatic carbocycles. The zero-order chi connectivity index (χ0) is 13.7. The molecular formula is C15H17NO3. The van der Waals surface area contributed by atoms with E-state index in [0.717, 1.165) is 11.4 Å². The van der Waals surface area contributed by atoms with Crippen molar-refractivity contribution in [1.82, 2.24) is 0 Å². The van der Waals surface area contributed by atoms with Crippen LogP contribution in [0.5, 0.6) is 0 Å². The quantitative estimate of drug-likeness (QED) is 0.661. The summed E-state index contributed by atoms with van der Waals surface area (Å²) in [7, 11) is 0. The van der Waals surface area contributed by atoms with Crippen LogP contribution in [0, 0.1) is 0 Å². The maximum absolute atomic E-state index is 9.74. The van der Waals surface area contributed by atoms with Crippen molar-refractivity contribution in [3.05, 3.63) is 60.2 Å². The Morgan fingerprint density at radius 2 is 1.42 bits per heavy atom. The number of rotatable bonds is 5. The van der Waals surface area contributed by atoms with Crippen LogP contribution in [0.4, 0.5) is 11.4 Å². The van der Waals surface area contributed by atoms with Crippen LogP contribution in [0.15, 0.2) is 54.6 Å². The van der Waals surface area contributed by atoms with Crippen LogP contribution >= 0.6 is 0 Å². The molecule has 0 saturated carbocycles. The summed E-state index contributed by atoms with van der Waals surface area (Å²) in [4.78, 5) is 0. The van der Waals surface area contributed by atoms with Crippen molar-refractivity contribution in [2.24, 2.45) is 0 Å². The molecule has 2 unspecified atom stereocenters. The highest BCUT2D eigenvalue weighted by atomic mass is 16.4. The third kappa shape index (κ3) is 3.54. The Labute approximate surface area is 112 Å². The van der Waals surface area contributed by atoms with Crippen molar-refractivity contribution in [2.45, 2.75) is 12.2 Å². The summed E-state index contributed by atoms with van der Waals surface area (Å²) in [6, 6.07) is 16.8. The van der Waals surface area contributed by atoms with Gasteiger partial charge in [0.1, 0.15) is 12.2 Å². The van der Waals surface area contributed by atoms with Crippen molar-refractivity contribution in [3.8, 4) is 0 Å². The van der Waals surface area contributed by atoms with E-state index >= 15 is 0 Å². The number of nitrogens with one attached hydrogen (secondary N) is 1. The highest BCUT2D eigenvalue weighted by Gasteiger charge is 2.16. The van der Waals surface area contributed by atoms with Crippen LogP contribution in [0.1, 0.15) is 11.7 Å². The molecule has 0 heterocycles. The van der Waals surface area contributed by atoms with Crippen molar-refractivity contribution < 1.29 is 15.3 Å². The van der Waals surface area contributed by atoms with E-state index in [9.17, 15) is 10.2 Å². The van der Waals surface area contributed by atoms with E-state index in [0.29, 0.717) is 5.56 Å². The van der Waals surface area contributed by atoms with Crippen LogP contribution < -0.4 is 5.32 Å². The van der Waals surface area contributed by atoms with E-state index in [-0.39, 0.29) is 0 Å². The minimum Gasteiger partial charge on any atom is -0.394 e. The third-order valence-corrected chi connectivity index (χ3v) is 2.87. The highest BCUT2D eigenvalue weighted by molar-refractivity contribution is 5.59. The molecule has 0 bridgehead atoms. The van der Waals surface area contributed by atoms with Gasteiger partial charge >= 0.3 is 0 Å². The van der Waals surface area contributed by atoms with Gasteiger partial charge in [-0.15, -0.1) is 0 Å². The molecule has 0 amide bonds. The Morgan fingerprint density at radius 1 is 0.842 bits per heavy atom. The van der Waals surface area contributed by atoms with E-state index in [1.54, 1.807) is 12.1 Å². The van der Waals surface area contributed by atoms with Crippen LogP contribution in [-0.2, 0) is 0 Å². The molecule has 0 aromatic heterocycles. The molecule has 2 rings (SSSR count). The number of para-hydroxylation sites is 1. The molecule has 100 valence electrons. The summed E-state index contributed by atoms with van der Waals surface area (Å²) < 4.78 is 0. The molecule has 2 aromatic rings. The fourth-order valence-corrected chi connectivity index (χ4v) is 1.77. The molecular weight excluding hydrogens is 242 g/mol. The van der Waals surface area contributed by atoms with Gasteiger partial charge in [-0.1, -0.05) is 30.3 Å². The van der Waals surface area contributed by atoms with E-state index < -0.39 is 18.8 Å². The van der Waals surface area contributed by atoms with Gasteiger partial charge in [-0.25, -0.2) is 0 Å².